The van der Waals surface area contributed by atoms with Crippen LogP contribution in [-0.2, 0) is 10.0 Å². The van der Waals surface area contributed by atoms with Crippen molar-refractivity contribution >= 4 is 26.0 Å². The molecule has 0 heterocycles. The standard InChI is InChI=1S/C13H19BrFNO3S/c1-3-9(4-2)12(17)8-16-20(18,19)13-6-5-10(14)7-11(13)15/h5-7,9,12,16-17H,3-4,8H2,1-2H3. The summed E-state index contributed by atoms with van der Waals surface area (Å²) in [6.07, 6.45) is 0.733. The van der Waals surface area contributed by atoms with Crippen LogP contribution in [0.1, 0.15) is 26.7 Å². The van der Waals surface area contributed by atoms with Crippen molar-refractivity contribution in [1.82, 2.24) is 4.72 Å². The molecule has 1 aromatic carbocycles. The Morgan fingerprint density at radius 2 is 1.95 bits per heavy atom. The lowest BCUT2D eigenvalue weighted by Gasteiger charge is -2.20. The smallest absolute Gasteiger partial charge is 0.243 e. The van der Waals surface area contributed by atoms with Crippen molar-refractivity contribution in [2.24, 2.45) is 5.92 Å². The third-order valence-corrected chi connectivity index (χ3v) is 5.21. The van der Waals surface area contributed by atoms with Gasteiger partial charge in [-0.3, -0.25) is 0 Å². The van der Waals surface area contributed by atoms with Crippen LogP contribution in [0.5, 0.6) is 0 Å². The minimum Gasteiger partial charge on any atom is -0.391 e. The van der Waals surface area contributed by atoms with Gasteiger partial charge in [-0.15, -0.1) is 0 Å². The Kier molecular flexibility index (Phi) is 6.57. The van der Waals surface area contributed by atoms with Crippen molar-refractivity contribution in [2.45, 2.75) is 37.7 Å². The van der Waals surface area contributed by atoms with Crippen LogP contribution in [0, 0.1) is 11.7 Å². The largest absolute Gasteiger partial charge is 0.391 e. The van der Waals surface area contributed by atoms with Gasteiger partial charge in [-0.2, -0.15) is 0 Å². The highest BCUT2D eigenvalue weighted by Crippen LogP contribution is 2.19. The highest BCUT2D eigenvalue weighted by molar-refractivity contribution is 9.10. The fraction of sp³-hybridized carbons (Fsp3) is 0.538. The predicted octanol–water partition coefficient (Wildman–Crippen LogP) is 2.66. The SMILES string of the molecule is CCC(CC)C(O)CNS(=O)(=O)c1ccc(Br)cc1F. The lowest BCUT2D eigenvalue weighted by molar-refractivity contribution is 0.107. The van der Waals surface area contributed by atoms with Crippen LogP contribution >= 0.6 is 15.9 Å². The summed E-state index contributed by atoms with van der Waals surface area (Å²) in [4.78, 5) is -0.419. The first kappa shape index (κ1) is 17.6. The maximum atomic E-state index is 13.6. The van der Waals surface area contributed by atoms with Gasteiger partial charge in [-0.25, -0.2) is 17.5 Å². The van der Waals surface area contributed by atoms with Crippen LogP contribution in [0.2, 0.25) is 0 Å². The van der Waals surface area contributed by atoms with E-state index in [0.29, 0.717) is 4.47 Å². The number of aliphatic hydroxyl groups is 1. The van der Waals surface area contributed by atoms with Gasteiger partial charge in [0.25, 0.3) is 0 Å². The molecule has 0 amide bonds. The molecular formula is C13H19BrFNO3S. The van der Waals surface area contributed by atoms with Crippen LogP contribution in [0.3, 0.4) is 0 Å². The number of nitrogens with one attached hydrogen (secondary N) is 1. The van der Waals surface area contributed by atoms with E-state index < -0.39 is 26.8 Å². The molecular weight excluding hydrogens is 349 g/mol. The average molecular weight is 368 g/mol. The highest BCUT2D eigenvalue weighted by atomic mass is 79.9. The Bertz CT molecular complexity index is 547. The predicted molar refractivity (Wildman–Crippen MR) is 79.4 cm³/mol. The molecule has 0 radical (unpaired) electrons. The van der Waals surface area contributed by atoms with Crippen molar-refractivity contribution in [3.63, 3.8) is 0 Å². The molecule has 1 atom stereocenters. The van der Waals surface area contributed by atoms with Crippen LogP contribution in [0.15, 0.2) is 27.6 Å². The molecule has 1 aromatic rings. The van der Waals surface area contributed by atoms with E-state index >= 15 is 0 Å². The van der Waals surface area contributed by atoms with Gasteiger partial charge >= 0.3 is 0 Å². The van der Waals surface area contributed by atoms with Gasteiger partial charge in [0.15, 0.2) is 0 Å². The maximum Gasteiger partial charge on any atom is 0.243 e. The second-order valence-electron chi connectivity index (χ2n) is 4.57. The second kappa shape index (κ2) is 7.49. The van der Waals surface area contributed by atoms with Crippen molar-refractivity contribution in [1.29, 1.82) is 0 Å². The first-order valence-corrected chi connectivity index (χ1v) is 8.72. The molecule has 114 valence electrons. The summed E-state index contributed by atoms with van der Waals surface area (Å²) in [5.74, 6) is -0.809. The first-order chi connectivity index (χ1) is 9.31. The normalized spacial score (nSPS) is 13.7. The van der Waals surface area contributed by atoms with Gasteiger partial charge in [-0.1, -0.05) is 42.6 Å². The van der Waals surface area contributed by atoms with E-state index in [1.165, 1.54) is 12.1 Å². The van der Waals surface area contributed by atoms with E-state index in [1.807, 2.05) is 13.8 Å². The third-order valence-electron chi connectivity index (χ3n) is 3.26. The van der Waals surface area contributed by atoms with E-state index in [0.717, 1.165) is 18.9 Å². The van der Waals surface area contributed by atoms with Gasteiger partial charge in [-0.05, 0) is 24.1 Å². The summed E-state index contributed by atoms with van der Waals surface area (Å²) in [7, 11) is -3.96. The Morgan fingerprint density at radius 1 is 1.35 bits per heavy atom. The summed E-state index contributed by atoms with van der Waals surface area (Å²) < 4.78 is 40.3. The highest BCUT2D eigenvalue weighted by Gasteiger charge is 2.22. The van der Waals surface area contributed by atoms with Gasteiger partial charge < -0.3 is 5.11 Å². The molecule has 0 bridgehead atoms. The zero-order chi connectivity index (χ0) is 15.3. The first-order valence-electron chi connectivity index (χ1n) is 6.44. The molecule has 0 aliphatic heterocycles. The number of aliphatic hydroxyl groups excluding tert-OH is 1. The van der Waals surface area contributed by atoms with E-state index in [4.69, 9.17) is 0 Å². The topological polar surface area (TPSA) is 66.4 Å². The lowest BCUT2D eigenvalue weighted by Crippen LogP contribution is -2.36. The van der Waals surface area contributed by atoms with Crippen molar-refractivity contribution in [2.75, 3.05) is 6.54 Å². The monoisotopic (exact) mass is 367 g/mol. The zero-order valence-electron chi connectivity index (χ0n) is 11.4. The minimum atomic E-state index is -3.96. The lowest BCUT2D eigenvalue weighted by atomic mass is 9.97. The summed E-state index contributed by atoms with van der Waals surface area (Å²) in [6, 6.07) is 3.73. The van der Waals surface area contributed by atoms with Crippen LogP contribution in [0.25, 0.3) is 0 Å². The Labute approximate surface area is 127 Å². The maximum absolute atomic E-state index is 13.6. The van der Waals surface area contributed by atoms with Crippen LogP contribution < -0.4 is 4.72 Å². The third kappa shape index (κ3) is 4.51. The Balaban J connectivity index is 2.80. The number of rotatable bonds is 7. The number of benzene rings is 1. The summed E-state index contributed by atoms with van der Waals surface area (Å²) in [5.41, 5.74) is 0. The van der Waals surface area contributed by atoms with E-state index in [1.54, 1.807) is 0 Å². The molecule has 4 nitrogen and oxygen atoms in total. The molecule has 0 aliphatic rings. The summed E-state index contributed by atoms with van der Waals surface area (Å²) in [6.45, 7) is 3.74. The van der Waals surface area contributed by atoms with E-state index in [9.17, 15) is 17.9 Å². The molecule has 1 unspecified atom stereocenters. The number of hydrogen-bond acceptors (Lipinski definition) is 3. The molecule has 7 heteroatoms. The summed E-state index contributed by atoms with van der Waals surface area (Å²) >= 11 is 3.07. The molecule has 0 saturated carbocycles. The van der Waals surface area contributed by atoms with Gasteiger partial charge in [0.05, 0.1) is 6.10 Å². The fourth-order valence-corrected chi connectivity index (χ4v) is 3.41. The van der Waals surface area contributed by atoms with Crippen molar-refractivity contribution in [3.05, 3.63) is 28.5 Å². The van der Waals surface area contributed by atoms with Gasteiger partial charge in [0.1, 0.15) is 10.7 Å². The van der Waals surface area contributed by atoms with Crippen LogP contribution in [-0.4, -0.2) is 26.2 Å². The van der Waals surface area contributed by atoms with Crippen LogP contribution in [0.4, 0.5) is 4.39 Å². The molecule has 0 saturated heterocycles. The molecule has 2 N–H and O–H groups in total. The average Bonchev–Trinajstić information content (AvgIpc) is 2.37. The number of hydrogen-bond donors (Lipinski definition) is 2. The fourth-order valence-electron chi connectivity index (χ4n) is 1.97. The zero-order valence-corrected chi connectivity index (χ0v) is 13.8. The van der Waals surface area contributed by atoms with E-state index in [-0.39, 0.29) is 12.5 Å². The molecule has 0 aromatic heterocycles. The Hall–Kier alpha value is -0.500. The Morgan fingerprint density at radius 3 is 2.45 bits per heavy atom. The quantitative estimate of drug-likeness (QED) is 0.778. The molecule has 0 spiro atoms. The minimum absolute atomic E-state index is 0.0208. The van der Waals surface area contributed by atoms with E-state index in [2.05, 4.69) is 20.7 Å². The number of halogens is 2. The summed E-state index contributed by atoms with van der Waals surface area (Å²) in [5, 5.41) is 9.90. The van der Waals surface area contributed by atoms with Crippen molar-refractivity contribution < 1.29 is 17.9 Å². The molecule has 0 fully saturated rings. The molecule has 0 aliphatic carbocycles. The second-order valence-corrected chi connectivity index (χ2v) is 7.22. The van der Waals surface area contributed by atoms with Gasteiger partial charge in [0.2, 0.25) is 10.0 Å². The van der Waals surface area contributed by atoms with Crippen molar-refractivity contribution in [3.8, 4) is 0 Å². The van der Waals surface area contributed by atoms with Gasteiger partial charge in [0, 0.05) is 11.0 Å². The number of sulfonamides is 1. The molecule has 20 heavy (non-hydrogen) atoms. The molecule has 1 rings (SSSR count).